The zero-order valence-corrected chi connectivity index (χ0v) is 12.5. The second-order valence-corrected chi connectivity index (χ2v) is 5.42. The number of hydrogen-bond acceptors (Lipinski definition) is 5. The molecule has 128 valence electrons. The van der Waals surface area contributed by atoms with Crippen molar-refractivity contribution in [3.63, 3.8) is 0 Å². The number of hydrogen-bond donors (Lipinski definition) is 1. The van der Waals surface area contributed by atoms with Gasteiger partial charge in [0.05, 0.1) is 6.04 Å². The highest BCUT2D eigenvalue weighted by molar-refractivity contribution is 5.67. The SMILES string of the molecule is CN(c1ccc(-c2noc(C(F)(F)F)n2)cc1)C1CN(C(=O)O)C1. The van der Waals surface area contributed by atoms with Crippen LogP contribution in [0.5, 0.6) is 0 Å². The van der Waals surface area contributed by atoms with Crippen molar-refractivity contribution in [3.05, 3.63) is 30.2 Å². The maximum absolute atomic E-state index is 12.5. The number of carboxylic acid groups (broad SMARTS) is 1. The summed E-state index contributed by atoms with van der Waals surface area (Å²) in [5.41, 5.74) is 1.21. The van der Waals surface area contributed by atoms with Crippen LogP contribution < -0.4 is 4.90 Å². The lowest BCUT2D eigenvalue weighted by Gasteiger charge is -2.43. The zero-order chi connectivity index (χ0) is 17.5. The van der Waals surface area contributed by atoms with Gasteiger partial charge in [0.1, 0.15) is 0 Å². The van der Waals surface area contributed by atoms with Crippen molar-refractivity contribution in [2.75, 3.05) is 25.0 Å². The van der Waals surface area contributed by atoms with Gasteiger partial charge in [-0.1, -0.05) is 5.16 Å². The molecule has 0 radical (unpaired) electrons. The maximum Gasteiger partial charge on any atom is 0.471 e. The number of nitrogens with zero attached hydrogens (tertiary/aromatic N) is 4. The molecule has 1 aromatic heterocycles. The first-order valence-corrected chi connectivity index (χ1v) is 6.98. The fraction of sp³-hybridized carbons (Fsp3) is 0.357. The minimum atomic E-state index is -4.67. The molecule has 1 amide bonds. The molecule has 1 fully saturated rings. The van der Waals surface area contributed by atoms with E-state index in [1.54, 1.807) is 24.3 Å². The molecule has 1 aromatic carbocycles. The highest BCUT2D eigenvalue weighted by Gasteiger charge is 2.38. The quantitative estimate of drug-likeness (QED) is 0.923. The summed E-state index contributed by atoms with van der Waals surface area (Å²) in [7, 11) is 1.83. The summed E-state index contributed by atoms with van der Waals surface area (Å²) in [5.74, 6) is -1.53. The third kappa shape index (κ3) is 2.99. The monoisotopic (exact) mass is 342 g/mol. The Balaban J connectivity index is 1.70. The van der Waals surface area contributed by atoms with Crippen molar-refractivity contribution in [1.82, 2.24) is 15.0 Å². The minimum absolute atomic E-state index is 0.0638. The molecule has 2 heterocycles. The average molecular weight is 342 g/mol. The molecule has 1 N–H and O–H groups in total. The lowest BCUT2D eigenvalue weighted by Crippen LogP contribution is -2.60. The predicted molar refractivity (Wildman–Crippen MR) is 76.5 cm³/mol. The van der Waals surface area contributed by atoms with Gasteiger partial charge in [-0.05, 0) is 24.3 Å². The maximum atomic E-state index is 12.5. The van der Waals surface area contributed by atoms with Crippen LogP contribution in [0.25, 0.3) is 11.4 Å². The third-order valence-electron chi connectivity index (χ3n) is 3.88. The summed E-state index contributed by atoms with van der Waals surface area (Å²) in [6.07, 6.45) is -5.63. The fourth-order valence-corrected chi connectivity index (χ4v) is 2.37. The summed E-state index contributed by atoms with van der Waals surface area (Å²) >= 11 is 0. The number of anilines is 1. The standard InChI is InChI=1S/C14H13F3N4O3/c1-20(10-6-21(7-10)13(22)23)9-4-2-8(3-5-9)11-18-12(24-19-11)14(15,16)17/h2-5,10H,6-7H2,1H3,(H,22,23). The third-order valence-corrected chi connectivity index (χ3v) is 3.88. The van der Waals surface area contributed by atoms with Crippen LogP contribution in [0.1, 0.15) is 5.89 Å². The van der Waals surface area contributed by atoms with Crippen LogP contribution in [0.2, 0.25) is 0 Å². The van der Waals surface area contributed by atoms with E-state index in [-0.39, 0.29) is 11.9 Å². The van der Waals surface area contributed by atoms with E-state index in [2.05, 4.69) is 14.7 Å². The summed E-state index contributed by atoms with van der Waals surface area (Å²) in [6, 6.07) is 6.66. The average Bonchev–Trinajstić information content (AvgIpc) is 2.95. The summed E-state index contributed by atoms with van der Waals surface area (Å²) in [5, 5.41) is 12.2. The van der Waals surface area contributed by atoms with E-state index in [1.807, 2.05) is 11.9 Å². The zero-order valence-electron chi connectivity index (χ0n) is 12.5. The van der Waals surface area contributed by atoms with E-state index >= 15 is 0 Å². The molecule has 0 bridgehead atoms. The molecular formula is C14H13F3N4O3. The van der Waals surface area contributed by atoms with Crippen LogP contribution in [-0.4, -0.2) is 52.4 Å². The largest absolute Gasteiger partial charge is 0.471 e. The smallest absolute Gasteiger partial charge is 0.465 e. The molecule has 0 atom stereocenters. The second kappa shape index (κ2) is 5.69. The van der Waals surface area contributed by atoms with Gasteiger partial charge in [-0.2, -0.15) is 18.2 Å². The Morgan fingerprint density at radius 3 is 2.46 bits per heavy atom. The number of benzene rings is 1. The highest BCUT2D eigenvalue weighted by Crippen LogP contribution is 2.30. The van der Waals surface area contributed by atoms with Crippen molar-refractivity contribution in [2.24, 2.45) is 0 Å². The molecule has 1 aliphatic heterocycles. The van der Waals surface area contributed by atoms with Gasteiger partial charge in [-0.3, -0.25) is 0 Å². The van der Waals surface area contributed by atoms with Gasteiger partial charge in [-0.25, -0.2) is 4.79 Å². The fourth-order valence-electron chi connectivity index (χ4n) is 2.37. The summed E-state index contributed by atoms with van der Waals surface area (Å²) < 4.78 is 41.6. The van der Waals surface area contributed by atoms with E-state index in [0.717, 1.165) is 5.69 Å². The van der Waals surface area contributed by atoms with Crippen LogP contribution >= 0.6 is 0 Å². The summed E-state index contributed by atoms with van der Waals surface area (Å²) in [6.45, 7) is 0.820. The van der Waals surface area contributed by atoms with E-state index < -0.39 is 18.2 Å². The first-order valence-electron chi connectivity index (χ1n) is 6.98. The number of amides is 1. The Hall–Kier alpha value is -2.78. The lowest BCUT2D eigenvalue weighted by molar-refractivity contribution is -0.159. The number of likely N-dealkylation sites (tertiary alicyclic amines) is 1. The van der Waals surface area contributed by atoms with Gasteiger partial charge in [0.25, 0.3) is 0 Å². The first-order chi connectivity index (χ1) is 11.3. The predicted octanol–water partition coefficient (Wildman–Crippen LogP) is 2.55. The normalized spacial score (nSPS) is 15.2. The molecule has 0 aliphatic carbocycles. The number of aromatic nitrogens is 2. The van der Waals surface area contributed by atoms with E-state index in [4.69, 9.17) is 5.11 Å². The van der Waals surface area contributed by atoms with Crippen LogP contribution in [0.3, 0.4) is 0 Å². The number of likely N-dealkylation sites (N-methyl/N-ethyl adjacent to an activating group) is 1. The van der Waals surface area contributed by atoms with Crippen molar-refractivity contribution < 1.29 is 27.6 Å². The number of carbonyl (C=O) groups is 1. The van der Waals surface area contributed by atoms with Gasteiger partial charge >= 0.3 is 18.2 Å². The van der Waals surface area contributed by atoms with Crippen LogP contribution in [0.4, 0.5) is 23.7 Å². The molecule has 2 aromatic rings. The van der Waals surface area contributed by atoms with Crippen molar-refractivity contribution in [1.29, 1.82) is 0 Å². The molecule has 0 saturated carbocycles. The van der Waals surface area contributed by atoms with E-state index in [0.29, 0.717) is 18.7 Å². The van der Waals surface area contributed by atoms with Crippen molar-refractivity contribution in [3.8, 4) is 11.4 Å². The topological polar surface area (TPSA) is 82.7 Å². The number of rotatable bonds is 3. The van der Waals surface area contributed by atoms with Crippen LogP contribution in [-0.2, 0) is 6.18 Å². The van der Waals surface area contributed by atoms with Gasteiger partial charge in [0.15, 0.2) is 0 Å². The molecule has 0 unspecified atom stereocenters. The molecule has 1 saturated heterocycles. The molecule has 3 rings (SSSR count). The van der Waals surface area contributed by atoms with Gasteiger partial charge in [-0.15, -0.1) is 0 Å². The Kier molecular flexibility index (Phi) is 3.82. The lowest BCUT2D eigenvalue weighted by atomic mass is 10.1. The molecule has 1 aliphatic rings. The molecule has 10 heteroatoms. The molecule has 24 heavy (non-hydrogen) atoms. The highest BCUT2D eigenvalue weighted by atomic mass is 19.4. The van der Waals surface area contributed by atoms with E-state index in [1.165, 1.54) is 4.90 Å². The van der Waals surface area contributed by atoms with Crippen molar-refractivity contribution in [2.45, 2.75) is 12.2 Å². The number of halogens is 3. The van der Waals surface area contributed by atoms with E-state index in [9.17, 15) is 18.0 Å². The molecule has 7 nitrogen and oxygen atoms in total. The van der Waals surface area contributed by atoms with Gasteiger partial charge in [0.2, 0.25) is 5.82 Å². The first kappa shape index (κ1) is 16.1. The Labute approximate surface area is 134 Å². The Morgan fingerprint density at radius 2 is 1.96 bits per heavy atom. The number of alkyl halides is 3. The molecule has 0 spiro atoms. The van der Waals surface area contributed by atoms with Gasteiger partial charge < -0.3 is 19.4 Å². The summed E-state index contributed by atoms with van der Waals surface area (Å²) in [4.78, 5) is 17.3. The van der Waals surface area contributed by atoms with Gasteiger partial charge in [0, 0.05) is 31.4 Å². The van der Waals surface area contributed by atoms with Crippen LogP contribution in [0.15, 0.2) is 28.8 Å². The minimum Gasteiger partial charge on any atom is -0.465 e. The Bertz CT molecular complexity index is 738. The van der Waals surface area contributed by atoms with Crippen molar-refractivity contribution >= 4 is 11.8 Å². The molecular weight excluding hydrogens is 329 g/mol. The Morgan fingerprint density at radius 1 is 1.33 bits per heavy atom. The second-order valence-electron chi connectivity index (χ2n) is 5.42. The van der Waals surface area contributed by atoms with Crippen LogP contribution in [0, 0.1) is 0 Å².